The Kier molecular flexibility index (Phi) is 7.81. The lowest BCUT2D eigenvalue weighted by Crippen LogP contribution is -2.16. The maximum atomic E-state index is 9.28. The minimum absolute atomic E-state index is 0.0176. The quantitative estimate of drug-likeness (QED) is 0.486. The van der Waals surface area contributed by atoms with Crippen LogP contribution >= 0.6 is 28.5 Å². The fourth-order valence-corrected chi connectivity index (χ4v) is 3.35. The Morgan fingerprint density at radius 3 is 2.74 bits per heavy atom. The Morgan fingerprint density at radius 2 is 2.16 bits per heavy atom. The van der Waals surface area contributed by atoms with Gasteiger partial charge in [0.05, 0.1) is 12.6 Å². The number of halogens is 1. The van der Waals surface area contributed by atoms with Crippen LogP contribution in [-0.2, 0) is 4.52 Å². The highest BCUT2D eigenvalue weighted by molar-refractivity contribution is 14.2. The molecule has 0 saturated carbocycles. The molecule has 108 valence electrons. The Balaban J connectivity index is 2.58. The normalized spacial score (nSPS) is 14.2. The van der Waals surface area contributed by atoms with Crippen molar-refractivity contribution in [2.45, 2.75) is 46.1 Å². The van der Waals surface area contributed by atoms with Crippen molar-refractivity contribution in [3.8, 4) is 0 Å². The van der Waals surface area contributed by atoms with E-state index in [2.05, 4.69) is 67.1 Å². The molecule has 0 aliphatic rings. The number of rotatable bonds is 8. The van der Waals surface area contributed by atoms with Gasteiger partial charge in [0.15, 0.2) is 0 Å². The second-order valence-corrected chi connectivity index (χ2v) is 7.52. The van der Waals surface area contributed by atoms with E-state index in [1.54, 1.807) is 0 Å². The molecule has 0 aliphatic heterocycles. The van der Waals surface area contributed by atoms with Crippen molar-refractivity contribution < 1.29 is 9.63 Å². The molecular formula is C15H24IO2P. The molecule has 0 bridgehead atoms. The standard InChI is InChI=1S/C15H24IO2P/c1-12-6-4-7-13(10-12)14(18-19-16)8-5-9-15(2,3)11-17/h4,6-7,10,14,17,19H,5,8-9,11H2,1-3H3. The van der Waals surface area contributed by atoms with E-state index in [1.807, 2.05) is 0 Å². The van der Waals surface area contributed by atoms with Gasteiger partial charge in [-0.25, -0.2) is 0 Å². The molecule has 0 aliphatic carbocycles. The third-order valence-electron chi connectivity index (χ3n) is 3.35. The van der Waals surface area contributed by atoms with Gasteiger partial charge in [0.2, 0.25) is 0 Å². The van der Waals surface area contributed by atoms with Crippen LogP contribution in [0.2, 0.25) is 0 Å². The average Bonchev–Trinajstić information content (AvgIpc) is 2.37. The summed E-state index contributed by atoms with van der Waals surface area (Å²) >= 11 is 2.28. The van der Waals surface area contributed by atoms with Crippen LogP contribution in [0.3, 0.4) is 0 Å². The molecule has 2 nitrogen and oxygen atoms in total. The molecule has 0 fully saturated rings. The first kappa shape index (κ1) is 17.4. The molecular weight excluding hydrogens is 370 g/mol. The average molecular weight is 394 g/mol. The zero-order valence-corrected chi connectivity index (χ0v) is 15.1. The van der Waals surface area contributed by atoms with Crippen molar-refractivity contribution in [2.24, 2.45) is 5.41 Å². The lowest BCUT2D eigenvalue weighted by molar-refractivity contribution is 0.139. The number of hydrogen-bond donors (Lipinski definition) is 1. The molecule has 1 aromatic carbocycles. The molecule has 2 unspecified atom stereocenters. The predicted octanol–water partition coefficient (Wildman–Crippen LogP) is 5.19. The van der Waals surface area contributed by atoms with E-state index < -0.39 is 0 Å². The van der Waals surface area contributed by atoms with Crippen molar-refractivity contribution >= 4 is 28.5 Å². The summed E-state index contributed by atoms with van der Waals surface area (Å²) in [7, 11) is 0. The molecule has 2 atom stereocenters. The van der Waals surface area contributed by atoms with Gasteiger partial charge in [-0.1, -0.05) is 43.7 Å². The highest BCUT2D eigenvalue weighted by Gasteiger charge is 2.18. The van der Waals surface area contributed by atoms with Crippen LogP contribution in [0.5, 0.6) is 0 Å². The summed E-state index contributed by atoms with van der Waals surface area (Å²) < 4.78 is 5.88. The van der Waals surface area contributed by atoms with E-state index >= 15 is 0 Å². The summed E-state index contributed by atoms with van der Waals surface area (Å²) in [6.07, 6.45) is 3.31. The number of hydrogen-bond acceptors (Lipinski definition) is 2. The summed E-state index contributed by atoms with van der Waals surface area (Å²) in [5, 5.41) is 9.28. The molecule has 1 N–H and O–H groups in total. The molecule has 0 radical (unpaired) electrons. The lowest BCUT2D eigenvalue weighted by Gasteiger charge is -2.23. The van der Waals surface area contributed by atoms with Crippen LogP contribution < -0.4 is 0 Å². The fourth-order valence-electron chi connectivity index (χ4n) is 2.06. The van der Waals surface area contributed by atoms with Gasteiger partial charge in [-0.2, -0.15) is 0 Å². The van der Waals surface area contributed by atoms with E-state index in [0.29, 0.717) is 6.45 Å². The summed E-state index contributed by atoms with van der Waals surface area (Å²) in [5.41, 5.74) is 2.56. The predicted molar refractivity (Wildman–Crippen MR) is 92.1 cm³/mol. The molecule has 4 heteroatoms. The van der Waals surface area contributed by atoms with Crippen LogP contribution in [0.15, 0.2) is 24.3 Å². The highest BCUT2D eigenvalue weighted by atomic mass is 127. The maximum Gasteiger partial charge on any atom is 0.0874 e. The molecule has 0 spiro atoms. The van der Waals surface area contributed by atoms with Crippen molar-refractivity contribution in [3.05, 3.63) is 35.4 Å². The van der Waals surface area contributed by atoms with Crippen molar-refractivity contribution in [3.63, 3.8) is 0 Å². The topological polar surface area (TPSA) is 29.5 Å². The third-order valence-corrected chi connectivity index (χ3v) is 4.49. The van der Waals surface area contributed by atoms with Crippen LogP contribution in [0.4, 0.5) is 0 Å². The Hall–Kier alpha value is 0.300. The summed E-state index contributed by atoms with van der Waals surface area (Å²) in [5.74, 6) is 0. The first-order chi connectivity index (χ1) is 8.98. The lowest BCUT2D eigenvalue weighted by atomic mass is 9.87. The number of aliphatic hydroxyl groups is 1. The van der Waals surface area contributed by atoms with Gasteiger partial charge < -0.3 is 9.63 Å². The van der Waals surface area contributed by atoms with Gasteiger partial charge in [-0.3, -0.25) is 0 Å². The third kappa shape index (κ3) is 6.52. The number of aliphatic hydroxyl groups excluding tert-OH is 1. The monoisotopic (exact) mass is 394 g/mol. The van der Waals surface area contributed by atoms with Crippen LogP contribution in [0.1, 0.15) is 50.3 Å². The largest absolute Gasteiger partial charge is 0.396 e. The first-order valence-corrected chi connectivity index (χ1v) is 10.7. The Labute approximate surface area is 131 Å². The highest BCUT2D eigenvalue weighted by Crippen LogP contribution is 2.36. The van der Waals surface area contributed by atoms with E-state index in [-0.39, 0.29) is 18.1 Å². The van der Waals surface area contributed by atoms with Crippen LogP contribution in [0.25, 0.3) is 0 Å². The zero-order valence-electron chi connectivity index (χ0n) is 11.9. The van der Waals surface area contributed by atoms with Gasteiger partial charge in [0.1, 0.15) is 0 Å². The van der Waals surface area contributed by atoms with Crippen molar-refractivity contribution in [2.75, 3.05) is 6.61 Å². The zero-order chi connectivity index (χ0) is 14.3. The van der Waals surface area contributed by atoms with Gasteiger partial charge in [-0.15, -0.1) is 0 Å². The van der Waals surface area contributed by atoms with Crippen molar-refractivity contribution in [1.82, 2.24) is 0 Å². The van der Waals surface area contributed by atoms with E-state index in [4.69, 9.17) is 4.52 Å². The van der Waals surface area contributed by atoms with Crippen LogP contribution in [0, 0.1) is 12.3 Å². The minimum Gasteiger partial charge on any atom is -0.396 e. The minimum atomic E-state index is 0.0176. The Bertz CT molecular complexity index is 382. The SMILES string of the molecule is Cc1cccc(C(CCCC(C)(C)CO)OPI)c1. The van der Waals surface area contributed by atoms with Crippen molar-refractivity contribution in [1.29, 1.82) is 0 Å². The molecule has 0 heterocycles. The summed E-state index contributed by atoms with van der Waals surface area (Å²) in [6, 6.07) is 8.56. The first-order valence-electron chi connectivity index (χ1n) is 6.67. The van der Waals surface area contributed by atoms with Gasteiger partial charge in [-0.05, 0) is 59.2 Å². The fraction of sp³-hybridized carbons (Fsp3) is 0.600. The molecule has 1 rings (SSSR count). The smallest absolute Gasteiger partial charge is 0.0874 e. The maximum absolute atomic E-state index is 9.28. The van der Waals surface area contributed by atoms with Gasteiger partial charge in [0, 0.05) is 6.61 Å². The number of benzene rings is 1. The second-order valence-electron chi connectivity index (χ2n) is 5.81. The molecule has 0 aromatic heterocycles. The summed E-state index contributed by atoms with van der Waals surface area (Å²) in [6.45, 7) is 7.05. The van der Waals surface area contributed by atoms with Gasteiger partial charge >= 0.3 is 0 Å². The molecule has 0 saturated heterocycles. The second kappa shape index (κ2) is 8.56. The van der Waals surface area contributed by atoms with Crippen LogP contribution in [-0.4, -0.2) is 11.7 Å². The Morgan fingerprint density at radius 1 is 1.42 bits per heavy atom. The molecule has 0 amide bonds. The molecule has 1 aromatic rings. The van der Waals surface area contributed by atoms with E-state index in [9.17, 15) is 5.11 Å². The number of aryl methyl sites for hydroxylation is 1. The van der Waals surface area contributed by atoms with E-state index in [1.165, 1.54) is 11.1 Å². The van der Waals surface area contributed by atoms with E-state index in [0.717, 1.165) is 19.3 Å². The molecule has 19 heavy (non-hydrogen) atoms. The summed E-state index contributed by atoms with van der Waals surface area (Å²) in [4.78, 5) is 0. The van der Waals surface area contributed by atoms with Gasteiger partial charge in [0.25, 0.3) is 0 Å².